The van der Waals surface area contributed by atoms with Crippen LogP contribution in [0.4, 0.5) is 43.9 Å². The lowest BCUT2D eigenvalue weighted by Crippen LogP contribution is -2.66. The summed E-state index contributed by atoms with van der Waals surface area (Å²) in [6.45, 7) is 0. The van der Waals surface area contributed by atoms with Gasteiger partial charge in [-0.1, -0.05) is 0 Å². The summed E-state index contributed by atoms with van der Waals surface area (Å²) in [4.78, 5) is 0. The molecule has 0 aliphatic rings. The minimum atomic E-state index is -7.49. The average Bonchev–Trinajstić information content (AvgIpc) is 2.14. The molecule has 0 atom stereocenters. The molecule has 0 heterocycles. The van der Waals surface area contributed by atoms with E-state index in [4.69, 9.17) is 4.55 Å². The molecule has 0 fully saturated rings. The molecule has 3 nitrogen and oxygen atoms in total. The van der Waals surface area contributed by atoms with Crippen molar-refractivity contribution < 1.29 is 56.9 Å². The molecule has 0 bridgehead atoms. The summed E-state index contributed by atoms with van der Waals surface area (Å²) < 4.78 is 149. The minimum absolute atomic E-state index is 5.49. The zero-order valence-electron chi connectivity index (χ0n) is 8.03. The Kier molecular flexibility index (Phi) is 4.18. The first-order valence-corrected chi connectivity index (χ1v) is 5.15. The second-order valence-corrected chi connectivity index (χ2v) is 4.53. The van der Waals surface area contributed by atoms with Crippen LogP contribution < -0.4 is 0 Å². The summed E-state index contributed by atoms with van der Waals surface area (Å²) in [7, 11) is -7.27. The van der Waals surface area contributed by atoms with Gasteiger partial charge >= 0.3 is 39.6 Å². The molecular weight excluding hydrogens is 330 g/mol. The maximum Gasteiger partial charge on any atom is 0.438 e. The van der Waals surface area contributed by atoms with E-state index in [1.807, 2.05) is 0 Å². The van der Waals surface area contributed by atoms with E-state index < -0.39 is 39.6 Å². The Morgan fingerprint density at radius 3 is 1.32 bits per heavy atom. The fourth-order valence-corrected chi connectivity index (χ4v) is 1.14. The largest absolute Gasteiger partial charge is 0.438 e. The Hall–Kier alpha value is -0.790. The Morgan fingerprint density at radius 2 is 1.11 bits per heavy atom. The molecule has 0 saturated carbocycles. The molecule has 0 unspecified atom stereocenters. The van der Waals surface area contributed by atoms with E-state index in [0.717, 1.165) is 0 Å². The maximum atomic E-state index is 12.5. The van der Waals surface area contributed by atoms with Crippen LogP contribution in [0.3, 0.4) is 0 Å². The smallest absolute Gasteiger partial charge is 0.281 e. The molecule has 0 spiro atoms. The van der Waals surface area contributed by atoms with E-state index in [1.165, 1.54) is 0 Å². The average molecular weight is 332 g/mol. The summed E-state index contributed by atoms with van der Waals surface area (Å²) in [5.41, 5.74) is 0. The molecule has 0 radical (unpaired) electrons. The highest BCUT2D eigenvalue weighted by molar-refractivity contribution is 7.87. The normalized spacial score (nSPS) is 16.0. The van der Waals surface area contributed by atoms with Gasteiger partial charge in [-0.3, -0.25) is 4.55 Å². The SMILES string of the molecule is O=S(=O)(O)C(F)(F)C(F)(F)C(F)(F)C(F)(F)C(F)F. The number of rotatable bonds is 5. The minimum Gasteiger partial charge on any atom is -0.281 e. The van der Waals surface area contributed by atoms with Crippen LogP contribution in [0, 0.1) is 0 Å². The van der Waals surface area contributed by atoms with Gasteiger partial charge in [0, 0.05) is 0 Å². The Morgan fingerprint density at radius 1 is 0.789 bits per heavy atom. The van der Waals surface area contributed by atoms with Crippen LogP contribution in [0.25, 0.3) is 0 Å². The van der Waals surface area contributed by atoms with E-state index in [-0.39, 0.29) is 0 Å². The van der Waals surface area contributed by atoms with E-state index in [0.29, 0.717) is 0 Å². The molecule has 0 aromatic rings. The van der Waals surface area contributed by atoms with Crippen LogP contribution in [-0.4, -0.2) is 42.4 Å². The van der Waals surface area contributed by atoms with Crippen molar-refractivity contribution in [3.05, 3.63) is 0 Å². The van der Waals surface area contributed by atoms with Gasteiger partial charge in [-0.05, 0) is 0 Å². The van der Waals surface area contributed by atoms with Crippen LogP contribution >= 0.6 is 0 Å². The quantitative estimate of drug-likeness (QED) is 0.622. The van der Waals surface area contributed by atoms with E-state index in [9.17, 15) is 52.3 Å². The van der Waals surface area contributed by atoms with Crippen molar-refractivity contribution in [2.24, 2.45) is 0 Å². The highest BCUT2D eigenvalue weighted by atomic mass is 32.2. The molecule has 0 aromatic heterocycles. The number of alkyl halides is 10. The third-order valence-electron chi connectivity index (χ3n) is 1.78. The van der Waals surface area contributed by atoms with Crippen molar-refractivity contribution in [1.82, 2.24) is 0 Å². The van der Waals surface area contributed by atoms with Gasteiger partial charge in [0.15, 0.2) is 0 Å². The van der Waals surface area contributed by atoms with Crippen molar-refractivity contribution in [2.45, 2.75) is 29.4 Å². The zero-order chi connectivity index (χ0) is 16.1. The second-order valence-electron chi connectivity index (χ2n) is 3.06. The summed E-state index contributed by atoms with van der Waals surface area (Å²) >= 11 is 0. The van der Waals surface area contributed by atoms with Gasteiger partial charge in [0.05, 0.1) is 0 Å². The Labute approximate surface area is 97.5 Å². The molecule has 19 heavy (non-hydrogen) atoms. The van der Waals surface area contributed by atoms with Crippen LogP contribution in [0.2, 0.25) is 0 Å². The Balaban J connectivity index is 6.07. The summed E-state index contributed by atoms with van der Waals surface area (Å²) in [5.74, 6) is -21.9. The monoisotopic (exact) mass is 332 g/mol. The lowest BCUT2D eigenvalue weighted by molar-refractivity contribution is -0.369. The van der Waals surface area contributed by atoms with Gasteiger partial charge in [0.2, 0.25) is 0 Å². The van der Waals surface area contributed by atoms with E-state index in [2.05, 4.69) is 0 Å². The predicted molar refractivity (Wildman–Crippen MR) is 37.3 cm³/mol. The molecule has 0 amide bonds. The van der Waals surface area contributed by atoms with Crippen molar-refractivity contribution in [1.29, 1.82) is 0 Å². The molecule has 14 heteroatoms. The van der Waals surface area contributed by atoms with Gasteiger partial charge < -0.3 is 0 Å². The molecule has 1 N–H and O–H groups in total. The number of halogens is 10. The zero-order valence-corrected chi connectivity index (χ0v) is 8.85. The fraction of sp³-hybridized carbons (Fsp3) is 1.00. The van der Waals surface area contributed by atoms with Gasteiger partial charge in [0.25, 0.3) is 0 Å². The molecular formula is C5H2F10O3S. The molecule has 0 aliphatic carbocycles. The fourth-order valence-electron chi connectivity index (χ4n) is 0.691. The summed E-state index contributed by atoms with van der Waals surface area (Å²) in [6, 6.07) is 0. The number of hydrogen-bond acceptors (Lipinski definition) is 2. The topological polar surface area (TPSA) is 54.4 Å². The maximum absolute atomic E-state index is 12.5. The lowest BCUT2D eigenvalue weighted by atomic mass is 10.1. The van der Waals surface area contributed by atoms with Crippen molar-refractivity contribution >= 4 is 10.1 Å². The third kappa shape index (κ3) is 2.34. The second kappa shape index (κ2) is 4.36. The molecule has 0 aromatic carbocycles. The molecule has 116 valence electrons. The molecule has 0 rings (SSSR count). The van der Waals surface area contributed by atoms with Crippen molar-refractivity contribution in [3.63, 3.8) is 0 Å². The van der Waals surface area contributed by atoms with Gasteiger partial charge in [-0.15, -0.1) is 0 Å². The Bertz CT molecular complexity index is 440. The van der Waals surface area contributed by atoms with Gasteiger partial charge in [-0.2, -0.15) is 43.5 Å². The van der Waals surface area contributed by atoms with Gasteiger partial charge in [-0.25, -0.2) is 8.78 Å². The third-order valence-corrected chi connectivity index (χ3v) is 2.68. The van der Waals surface area contributed by atoms with E-state index in [1.54, 1.807) is 0 Å². The lowest BCUT2D eigenvalue weighted by Gasteiger charge is -2.34. The van der Waals surface area contributed by atoms with Crippen molar-refractivity contribution in [2.75, 3.05) is 0 Å². The summed E-state index contributed by atoms with van der Waals surface area (Å²) in [5, 5.41) is -7.11. The highest BCUT2D eigenvalue weighted by Crippen LogP contribution is 2.55. The molecule has 0 saturated heterocycles. The van der Waals surface area contributed by atoms with Gasteiger partial charge in [0.1, 0.15) is 0 Å². The first kappa shape index (κ1) is 18.2. The highest BCUT2D eigenvalue weighted by Gasteiger charge is 2.86. The van der Waals surface area contributed by atoms with Crippen LogP contribution in [0.5, 0.6) is 0 Å². The van der Waals surface area contributed by atoms with Crippen LogP contribution in [-0.2, 0) is 10.1 Å². The summed E-state index contributed by atoms with van der Waals surface area (Å²) in [6.07, 6.45) is -5.49. The van der Waals surface area contributed by atoms with Crippen molar-refractivity contribution in [3.8, 4) is 0 Å². The first-order chi connectivity index (χ1) is 7.94. The van der Waals surface area contributed by atoms with Crippen LogP contribution in [0.1, 0.15) is 0 Å². The standard InChI is InChI=1S/C5H2F10O3S/c6-1(7)2(8,9)3(10,11)4(12,13)5(14,15)19(16,17)18/h1H,(H,16,17,18). The molecule has 0 aliphatic heterocycles. The first-order valence-electron chi connectivity index (χ1n) is 3.71. The van der Waals surface area contributed by atoms with Crippen LogP contribution in [0.15, 0.2) is 0 Å². The van der Waals surface area contributed by atoms with E-state index >= 15 is 0 Å². The predicted octanol–water partition coefficient (Wildman–Crippen LogP) is 2.64. The number of hydrogen-bond donors (Lipinski definition) is 1.